The summed E-state index contributed by atoms with van der Waals surface area (Å²) in [5.74, 6) is -0.269. The number of hydrogen-bond donors (Lipinski definition) is 1. The minimum absolute atomic E-state index is 0.0792. The van der Waals surface area contributed by atoms with Crippen LogP contribution >= 0.6 is 0 Å². The van der Waals surface area contributed by atoms with E-state index < -0.39 is 11.1 Å². The Hall–Kier alpha value is -2.64. The van der Waals surface area contributed by atoms with Crippen molar-refractivity contribution in [3.63, 3.8) is 0 Å². The van der Waals surface area contributed by atoms with Crippen LogP contribution in [0, 0.1) is 0 Å². The largest absolute Gasteiger partial charge is 0.444 e. The molecule has 7 heteroatoms. The van der Waals surface area contributed by atoms with Gasteiger partial charge >= 0.3 is 6.09 Å². The highest BCUT2D eigenvalue weighted by Crippen LogP contribution is 2.34. The summed E-state index contributed by atoms with van der Waals surface area (Å²) in [4.78, 5) is 27.4. The molecule has 2 aliphatic rings. The fourth-order valence-corrected chi connectivity index (χ4v) is 5.34. The number of amides is 2. The summed E-state index contributed by atoms with van der Waals surface area (Å²) in [5, 5.41) is 3.13. The van der Waals surface area contributed by atoms with Gasteiger partial charge in [-0.25, -0.2) is 4.79 Å². The lowest BCUT2D eigenvalue weighted by Gasteiger charge is -2.50. The van der Waals surface area contributed by atoms with Gasteiger partial charge in [0.05, 0.1) is 37.0 Å². The molecule has 2 fully saturated rings. The molecule has 1 aromatic rings. The zero-order valence-corrected chi connectivity index (χ0v) is 22.7. The van der Waals surface area contributed by atoms with Crippen molar-refractivity contribution in [3.8, 4) is 0 Å². The van der Waals surface area contributed by atoms with Crippen molar-refractivity contribution in [2.45, 2.75) is 102 Å². The first kappa shape index (κ1) is 28.9. The molecular formula is C30H44N2O5. The normalized spacial score (nSPS) is 26.2. The smallest absolute Gasteiger partial charge is 0.410 e. The summed E-state index contributed by atoms with van der Waals surface area (Å²) in [7, 11) is 0. The van der Waals surface area contributed by atoms with E-state index in [2.05, 4.69) is 30.6 Å². The van der Waals surface area contributed by atoms with Gasteiger partial charge in [0.1, 0.15) is 5.60 Å². The lowest BCUT2D eigenvalue weighted by atomic mass is 9.78. The fraction of sp³-hybridized carbons (Fsp3) is 0.600. The van der Waals surface area contributed by atoms with Crippen LogP contribution in [0.5, 0.6) is 0 Å². The van der Waals surface area contributed by atoms with Crippen LogP contribution in [0.2, 0.25) is 0 Å². The topological polar surface area (TPSA) is 77.1 Å². The van der Waals surface area contributed by atoms with Gasteiger partial charge in [0.15, 0.2) is 0 Å². The third-order valence-electron chi connectivity index (χ3n) is 7.17. The number of carbonyl (C=O) groups excluding carboxylic acids is 2. The van der Waals surface area contributed by atoms with Crippen molar-refractivity contribution >= 4 is 12.0 Å². The van der Waals surface area contributed by atoms with E-state index in [1.807, 2.05) is 39.0 Å². The van der Waals surface area contributed by atoms with Crippen LogP contribution in [0.1, 0.15) is 71.3 Å². The Kier molecular flexibility index (Phi) is 10.4. The van der Waals surface area contributed by atoms with Crippen molar-refractivity contribution in [2.75, 3.05) is 13.2 Å². The molecule has 2 unspecified atom stereocenters. The monoisotopic (exact) mass is 512 g/mol. The van der Waals surface area contributed by atoms with Gasteiger partial charge in [0, 0.05) is 6.54 Å². The SMILES string of the molecule is C=CCC1(NC(=O)C=C)CCCN(C(=O)OC(C)(C)C)C1COC1CCC(OCc2ccccc2)CC1. The van der Waals surface area contributed by atoms with Crippen LogP contribution in [-0.4, -0.2) is 59.4 Å². The Balaban J connectivity index is 1.66. The number of likely N-dealkylation sites (tertiary alicyclic amines) is 1. The van der Waals surface area contributed by atoms with Crippen LogP contribution in [0.25, 0.3) is 0 Å². The molecule has 0 radical (unpaired) electrons. The van der Waals surface area contributed by atoms with Gasteiger partial charge in [-0.3, -0.25) is 4.79 Å². The Morgan fingerprint density at radius 3 is 2.32 bits per heavy atom. The first-order valence-electron chi connectivity index (χ1n) is 13.5. The molecule has 204 valence electrons. The number of piperidine rings is 1. The zero-order valence-electron chi connectivity index (χ0n) is 22.7. The molecule has 1 aliphatic heterocycles. The Labute approximate surface area is 222 Å². The molecule has 1 N–H and O–H groups in total. The minimum Gasteiger partial charge on any atom is -0.444 e. The van der Waals surface area contributed by atoms with Gasteiger partial charge < -0.3 is 24.4 Å². The van der Waals surface area contributed by atoms with E-state index in [1.54, 1.807) is 11.0 Å². The number of nitrogens with one attached hydrogen (secondary N) is 1. The van der Waals surface area contributed by atoms with E-state index in [0.717, 1.165) is 32.1 Å². The van der Waals surface area contributed by atoms with E-state index in [9.17, 15) is 9.59 Å². The summed E-state index contributed by atoms with van der Waals surface area (Å²) in [6.07, 6.45) is 8.60. The summed E-state index contributed by atoms with van der Waals surface area (Å²) < 4.78 is 18.3. The number of nitrogens with zero attached hydrogens (tertiary/aromatic N) is 1. The first-order valence-corrected chi connectivity index (χ1v) is 13.5. The van der Waals surface area contributed by atoms with Gasteiger partial charge in [-0.2, -0.15) is 0 Å². The van der Waals surface area contributed by atoms with E-state index in [4.69, 9.17) is 14.2 Å². The Morgan fingerprint density at radius 1 is 1.08 bits per heavy atom. The highest BCUT2D eigenvalue weighted by Gasteiger charge is 2.48. The summed E-state index contributed by atoms with van der Waals surface area (Å²) in [6, 6.07) is 9.84. The molecule has 1 saturated carbocycles. The quantitative estimate of drug-likeness (QED) is 0.329. The maximum absolute atomic E-state index is 13.2. The molecule has 2 atom stereocenters. The average Bonchev–Trinajstić information content (AvgIpc) is 2.87. The lowest BCUT2D eigenvalue weighted by Crippen LogP contribution is -2.67. The van der Waals surface area contributed by atoms with E-state index >= 15 is 0 Å². The molecule has 0 spiro atoms. The Morgan fingerprint density at radius 2 is 1.73 bits per heavy atom. The number of benzene rings is 1. The molecule has 0 bridgehead atoms. The predicted molar refractivity (Wildman–Crippen MR) is 145 cm³/mol. The van der Waals surface area contributed by atoms with Crippen LogP contribution < -0.4 is 5.32 Å². The van der Waals surface area contributed by atoms with Crippen LogP contribution in [0.4, 0.5) is 4.79 Å². The predicted octanol–water partition coefficient (Wildman–Crippen LogP) is 5.55. The zero-order chi connectivity index (χ0) is 26.9. The van der Waals surface area contributed by atoms with Crippen LogP contribution in [0.15, 0.2) is 55.6 Å². The third kappa shape index (κ3) is 8.44. The van der Waals surface area contributed by atoms with Crippen molar-refractivity contribution in [3.05, 3.63) is 61.2 Å². The average molecular weight is 513 g/mol. The van der Waals surface area contributed by atoms with Gasteiger partial charge in [0.25, 0.3) is 0 Å². The summed E-state index contributed by atoms with van der Waals surface area (Å²) in [5.41, 5.74) is -0.137. The molecule has 2 amide bonds. The van der Waals surface area contributed by atoms with Crippen molar-refractivity contribution in [1.29, 1.82) is 0 Å². The highest BCUT2D eigenvalue weighted by atomic mass is 16.6. The third-order valence-corrected chi connectivity index (χ3v) is 7.17. The Bertz CT molecular complexity index is 904. The first-order chi connectivity index (χ1) is 17.7. The number of hydrogen-bond acceptors (Lipinski definition) is 5. The number of rotatable bonds is 10. The molecule has 37 heavy (non-hydrogen) atoms. The number of carbonyl (C=O) groups is 2. The number of ether oxygens (including phenoxy) is 3. The lowest BCUT2D eigenvalue weighted by molar-refractivity contribution is -0.122. The molecule has 3 rings (SSSR count). The molecule has 1 heterocycles. The van der Waals surface area contributed by atoms with Crippen LogP contribution in [-0.2, 0) is 25.6 Å². The second-order valence-corrected chi connectivity index (χ2v) is 11.2. The molecular weight excluding hydrogens is 468 g/mol. The maximum atomic E-state index is 13.2. The summed E-state index contributed by atoms with van der Waals surface area (Å²) in [6.45, 7) is 14.6. The van der Waals surface area contributed by atoms with Gasteiger partial charge in [-0.1, -0.05) is 43.0 Å². The van der Waals surface area contributed by atoms with Gasteiger partial charge in [-0.05, 0) is 77.4 Å². The fourth-order valence-electron chi connectivity index (χ4n) is 5.34. The summed E-state index contributed by atoms with van der Waals surface area (Å²) >= 11 is 0. The minimum atomic E-state index is -0.696. The van der Waals surface area contributed by atoms with Crippen molar-refractivity contribution in [1.82, 2.24) is 10.2 Å². The van der Waals surface area contributed by atoms with Crippen molar-refractivity contribution in [2.24, 2.45) is 0 Å². The highest BCUT2D eigenvalue weighted by molar-refractivity contribution is 5.87. The van der Waals surface area contributed by atoms with Gasteiger partial charge in [0.2, 0.25) is 5.91 Å². The molecule has 0 aromatic heterocycles. The van der Waals surface area contributed by atoms with E-state index in [1.165, 1.54) is 11.6 Å². The standard InChI is InChI=1S/C30H44N2O5/c1-6-18-30(31-27(33)7-2)19-11-20-32(28(34)37-29(3,4)5)26(30)22-36-25-16-14-24(15-17-25)35-21-23-12-9-8-10-13-23/h6-10,12-13,24-26H,1-2,11,14-22H2,3-5H3,(H,31,33). The van der Waals surface area contributed by atoms with Crippen molar-refractivity contribution < 1.29 is 23.8 Å². The van der Waals surface area contributed by atoms with E-state index in [0.29, 0.717) is 32.6 Å². The maximum Gasteiger partial charge on any atom is 0.410 e. The van der Waals surface area contributed by atoms with Gasteiger partial charge in [-0.15, -0.1) is 6.58 Å². The molecule has 1 saturated heterocycles. The van der Waals surface area contributed by atoms with Crippen LogP contribution in [0.3, 0.4) is 0 Å². The van der Waals surface area contributed by atoms with E-state index in [-0.39, 0.29) is 30.3 Å². The second kappa shape index (κ2) is 13.2. The molecule has 1 aromatic carbocycles. The second-order valence-electron chi connectivity index (χ2n) is 11.2. The molecule has 7 nitrogen and oxygen atoms in total. The molecule has 1 aliphatic carbocycles.